The summed E-state index contributed by atoms with van der Waals surface area (Å²) < 4.78 is 0. The minimum Gasteiger partial charge on any atom is -0.311 e. The summed E-state index contributed by atoms with van der Waals surface area (Å²) in [5.74, 6) is 0. The van der Waals surface area contributed by atoms with Crippen molar-refractivity contribution in [3.8, 4) is 0 Å². The highest BCUT2D eigenvalue weighted by atomic mass is 15.2. The van der Waals surface area contributed by atoms with Gasteiger partial charge in [-0.2, -0.15) is 0 Å². The maximum absolute atomic E-state index is 3.81. The summed E-state index contributed by atoms with van der Waals surface area (Å²) >= 11 is 0. The van der Waals surface area contributed by atoms with E-state index < -0.39 is 0 Å². The Kier molecular flexibility index (Phi) is 5.98. The van der Waals surface area contributed by atoms with Gasteiger partial charge >= 0.3 is 0 Å². The summed E-state index contributed by atoms with van der Waals surface area (Å²) in [4.78, 5) is 2.67. The molecule has 0 spiro atoms. The summed E-state index contributed by atoms with van der Waals surface area (Å²) in [6, 6.07) is 33.6. The fraction of sp³-hybridized carbons (Fsp3) is 0.280. The Morgan fingerprint density at radius 1 is 0.667 bits per heavy atom. The highest BCUT2D eigenvalue weighted by Gasteiger charge is 2.28. The van der Waals surface area contributed by atoms with Gasteiger partial charge in [0.05, 0.1) is 0 Å². The minimum atomic E-state index is 0.503. The van der Waals surface area contributed by atoms with Crippen LogP contribution in [0.4, 0.5) is 0 Å². The van der Waals surface area contributed by atoms with E-state index in [0.29, 0.717) is 12.1 Å². The Bertz CT molecular complexity index is 802. The second kappa shape index (κ2) is 8.98. The van der Waals surface area contributed by atoms with Gasteiger partial charge in [-0.3, -0.25) is 4.90 Å². The lowest BCUT2D eigenvalue weighted by Crippen LogP contribution is -2.57. The highest BCUT2D eigenvalue weighted by molar-refractivity contribution is 5.19. The van der Waals surface area contributed by atoms with E-state index in [-0.39, 0.29) is 0 Å². The molecule has 1 fully saturated rings. The van der Waals surface area contributed by atoms with Crippen molar-refractivity contribution in [1.29, 1.82) is 0 Å². The van der Waals surface area contributed by atoms with E-state index in [1.165, 1.54) is 16.7 Å². The first kappa shape index (κ1) is 18.0. The lowest BCUT2D eigenvalue weighted by molar-refractivity contribution is 0.121. The molecule has 2 heteroatoms. The number of hydrogen-bond acceptors (Lipinski definition) is 2. The number of hydrogen-bond donors (Lipinski definition) is 1. The molecular formula is C25H28N2. The van der Waals surface area contributed by atoms with Gasteiger partial charge in [0.15, 0.2) is 0 Å². The van der Waals surface area contributed by atoms with Crippen LogP contribution < -0.4 is 5.32 Å². The third kappa shape index (κ3) is 5.06. The summed E-state index contributed by atoms with van der Waals surface area (Å²) in [6.07, 6.45) is 2.18. The van der Waals surface area contributed by atoms with Crippen molar-refractivity contribution in [3.63, 3.8) is 0 Å². The van der Waals surface area contributed by atoms with Crippen LogP contribution in [-0.2, 0) is 19.4 Å². The first-order chi connectivity index (χ1) is 13.4. The van der Waals surface area contributed by atoms with Crippen molar-refractivity contribution < 1.29 is 0 Å². The number of piperazine rings is 1. The summed E-state index contributed by atoms with van der Waals surface area (Å²) in [6.45, 7) is 3.14. The van der Waals surface area contributed by atoms with E-state index in [0.717, 1.165) is 32.5 Å². The number of benzene rings is 3. The van der Waals surface area contributed by atoms with Crippen LogP contribution in [0.5, 0.6) is 0 Å². The van der Waals surface area contributed by atoms with Gasteiger partial charge in [-0.25, -0.2) is 0 Å². The fourth-order valence-corrected chi connectivity index (χ4v) is 4.06. The van der Waals surface area contributed by atoms with Gasteiger partial charge in [-0.1, -0.05) is 91.0 Å². The van der Waals surface area contributed by atoms with E-state index in [1.807, 2.05) is 0 Å². The summed E-state index contributed by atoms with van der Waals surface area (Å²) in [7, 11) is 0. The van der Waals surface area contributed by atoms with Crippen LogP contribution in [0, 0.1) is 0 Å². The minimum absolute atomic E-state index is 0.503. The fourth-order valence-electron chi connectivity index (χ4n) is 4.06. The molecule has 2 nitrogen and oxygen atoms in total. The largest absolute Gasteiger partial charge is 0.311 e. The Labute approximate surface area is 162 Å². The second-order valence-corrected chi connectivity index (χ2v) is 7.55. The van der Waals surface area contributed by atoms with Crippen LogP contribution in [-0.4, -0.2) is 30.1 Å². The maximum Gasteiger partial charge on any atom is 0.0265 e. The van der Waals surface area contributed by atoms with E-state index in [4.69, 9.17) is 0 Å². The molecule has 0 amide bonds. The molecule has 0 radical (unpaired) electrons. The van der Waals surface area contributed by atoms with Gasteiger partial charge < -0.3 is 5.32 Å². The lowest BCUT2D eigenvalue weighted by Gasteiger charge is -2.41. The standard InChI is InChI=1S/C25H28N2/c1-4-10-21(11-5-1)16-24-20-27(19-23-14-8-3-9-15-23)25(18-26-24)17-22-12-6-2-7-13-22/h1-15,24-26H,16-20H2. The SMILES string of the molecule is c1ccc(CC2CN(Cc3ccccc3)C(Cc3ccccc3)CN2)cc1. The topological polar surface area (TPSA) is 15.3 Å². The molecule has 0 bridgehead atoms. The average Bonchev–Trinajstić information content (AvgIpc) is 2.72. The zero-order valence-electron chi connectivity index (χ0n) is 15.8. The second-order valence-electron chi connectivity index (χ2n) is 7.55. The first-order valence-electron chi connectivity index (χ1n) is 9.96. The van der Waals surface area contributed by atoms with Crippen molar-refractivity contribution >= 4 is 0 Å². The Balaban J connectivity index is 1.47. The Hall–Kier alpha value is -2.42. The average molecular weight is 357 g/mol. The molecule has 2 unspecified atom stereocenters. The number of nitrogens with zero attached hydrogens (tertiary/aromatic N) is 1. The number of rotatable bonds is 6. The molecule has 2 atom stereocenters. The third-order valence-electron chi connectivity index (χ3n) is 5.48. The van der Waals surface area contributed by atoms with Crippen LogP contribution in [0.25, 0.3) is 0 Å². The molecule has 138 valence electrons. The van der Waals surface area contributed by atoms with Crippen LogP contribution in [0.3, 0.4) is 0 Å². The molecule has 3 aromatic carbocycles. The molecule has 27 heavy (non-hydrogen) atoms. The van der Waals surface area contributed by atoms with Crippen molar-refractivity contribution in [3.05, 3.63) is 108 Å². The maximum atomic E-state index is 3.81. The summed E-state index contributed by atoms with van der Waals surface area (Å²) in [5, 5.41) is 3.81. The molecule has 0 saturated carbocycles. The molecule has 1 aliphatic heterocycles. The van der Waals surface area contributed by atoms with E-state index in [2.05, 4.69) is 101 Å². The zero-order valence-corrected chi connectivity index (χ0v) is 15.8. The predicted octanol–water partition coefficient (Wildman–Crippen LogP) is 4.31. The molecule has 1 aliphatic rings. The monoisotopic (exact) mass is 356 g/mol. The lowest BCUT2D eigenvalue weighted by atomic mass is 9.97. The van der Waals surface area contributed by atoms with E-state index >= 15 is 0 Å². The van der Waals surface area contributed by atoms with E-state index in [9.17, 15) is 0 Å². The highest BCUT2D eigenvalue weighted by Crippen LogP contribution is 2.18. The van der Waals surface area contributed by atoms with Gasteiger partial charge in [0, 0.05) is 31.7 Å². The third-order valence-corrected chi connectivity index (χ3v) is 5.48. The van der Waals surface area contributed by atoms with Gasteiger partial charge in [-0.05, 0) is 29.5 Å². The Morgan fingerprint density at radius 2 is 1.19 bits per heavy atom. The van der Waals surface area contributed by atoms with Crippen molar-refractivity contribution in [2.75, 3.05) is 13.1 Å². The van der Waals surface area contributed by atoms with Crippen molar-refractivity contribution in [2.24, 2.45) is 0 Å². The van der Waals surface area contributed by atoms with Crippen molar-refractivity contribution in [2.45, 2.75) is 31.5 Å². The molecule has 3 aromatic rings. The molecule has 4 rings (SSSR count). The smallest absolute Gasteiger partial charge is 0.0265 e. The van der Waals surface area contributed by atoms with Gasteiger partial charge in [0.2, 0.25) is 0 Å². The first-order valence-corrected chi connectivity index (χ1v) is 9.96. The van der Waals surface area contributed by atoms with Gasteiger partial charge in [0.1, 0.15) is 0 Å². The predicted molar refractivity (Wildman–Crippen MR) is 113 cm³/mol. The zero-order chi connectivity index (χ0) is 18.3. The van der Waals surface area contributed by atoms with Gasteiger partial charge in [-0.15, -0.1) is 0 Å². The quantitative estimate of drug-likeness (QED) is 0.708. The molecule has 1 saturated heterocycles. The molecular weight excluding hydrogens is 328 g/mol. The summed E-state index contributed by atoms with van der Waals surface area (Å²) in [5.41, 5.74) is 4.23. The molecule has 1 heterocycles. The van der Waals surface area contributed by atoms with E-state index in [1.54, 1.807) is 0 Å². The van der Waals surface area contributed by atoms with Crippen LogP contribution in [0.15, 0.2) is 91.0 Å². The normalized spacial score (nSPS) is 20.4. The van der Waals surface area contributed by atoms with Crippen LogP contribution >= 0.6 is 0 Å². The number of nitrogens with one attached hydrogen (secondary N) is 1. The van der Waals surface area contributed by atoms with Crippen LogP contribution in [0.2, 0.25) is 0 Å². The Morgan fingerprint density at radius 3 is 1.78 bits per heavy atom. The molecule has 0 aliphatic carbocycles. The van der Waals surface area contributed by atoms with Crippen LogP contribution in [0.1, 0.15) is 16.7 Å². The molecule has 1 N–H and O–H groups in total. The van der Waals surface area contributed by atoms with Gasteiger partial charge in [0.25, 0.3) is 0 Å². The van der Waals surface area contributed by atoms with Crippen molar-refractivity contribution in [1.82, 2.24) is 10.2 Å². The molecule has 0 aromatic heterocycles.